The SMILES string of the molecule is Cc1cc(S(=O)(=O)NC(CN)CC(C)C)c(C)s1.Cl. The molecule has 1 atom stereocenters. The number of hydrogen-bond donors (Lipinski definition) is 2. The Kier molecular flexibility index (Phi) is 7.54. The van der Waals surface area contributed by atoms with Crippen LogP contribution >= 0.6 is 23.7 Å². The molecule has 1 unspecified atom stereocenters. The molecule has 0 saturated carbocycles. The maximum atomic E-state index is 12.3. The van der Waals surface area contributed by atoms with Gasteiger partial charge in [-0.2, -0.15) is 0 Å². The summed E-state index contributed by atoms with van der Waals surface area (Å²) in [5.74, 6) is 0.409. The normalized spacial score (nSPS) is 13.4. The van der Waals surface area contributed by atoms with Crippen molar-refractivity contribution in [3.05, 3.63) is 15.8 Å². The van der Waals surface area contributed by atoms with Crippen LogP contribution in [0, 0.1) is 19.8 Å². The molecule has 19 heavy (non-hydrogen) atoms. The van der Waals surface area contributed by atoms with Crippen molar-refractivity contribution in [1.29, 1.82) is 0 Å². The monoisotopic (exact) mass is 326 g/mol. The zero-order chi connectivity index (χ0) is 13.9. The fraction of sp³-hybridized carbons (Fsp3) is 0.667. The number of nitrogens with one attached hydrogen (secondary N) is 1. The van der Waals surface area contributed by atoms with Gasteiger partial charge in [-0.25, -0.2) is 13.1 Å². The van der Waals surface area contributed by atoms with E-state index in [1.807, 2.05) is 13.8 Å². The third-order valence-corrected chi connectivity index (χ3v) is 5.39. The molecule has 0 aliphatic rings. The van der Waals surface area contributed by atoms with E-state index < -0.39 is 10.0 Å². The van der Waals surface area contributed by atoms with Gasteiger partial charge in [0.1, 0.15) is 0 Å². The van der Waals surface area contributed by atoms with Crippen molar-refractivity contribution >= 4 is 33.8 Å². The number of aryl methyl sites for hydroxylation is 2. The summed E-state index contributed by atoms with van der Waals surface area (Å²) in [5.41, 5.74) is 5.63. The summed E-state index contributed by atoms with van der Waals surface area (Å²) in [5, 5.41) is 0. The molecular formula is C12H23ClN2O2S2. The number of nitrogens with two attached hydrogens (primary N) is 1. The van der Waals surface area contributed by atoms with E-state index in [2.05, 4.69) is 18.6 Å². The van der Waals surface area contributed by atoms with Crippen LogP contribution in [0.1, 0.15) is 30.0 Å². The summed E-state index contributed by atoms with van der Waals surface area (Å²) in [6.07, 6.45) is 0.748. The van der Waals surface area contributed by atoms with Crippen LogP contribution < -0.4 is 10.5 Å². The van der Waals surface area contributed by atoms with Gasteiger partial charge in [0.25, 0.3) is 0 Å². The average molecular weight is 327 g/mol. The maximum Gasteiger partial charge on any atom is 0.241 e. The number of rotatable bonds is 6. The van der Waals surface area contributed by atoms with Gasteiger partial charge in [-0.15, -0.1) is 23.7 Å². The lowest BCUT2D eigenvalue weighted by Crippen LogP contribution is -2.41. The topological polar surface area (TPSA) is 72.2 Å². The summed E-state index contributed by atoms with van der Waals surface area (Å²) in [7, 11) is -3.45. The lowest BCUT2D eigenvalue weighted by atomic mass is 10.1. The number of hydrogen-bond acceptors (Lipinski definition) is 4. The van der Waals surface area contributed by atoms with Gasteiger partial charge in [-0.05, 0) is 32.3 Å². The van der Waals surface area contributed by atoms with Gasteiger partial charge in [0, 0.05) is 22.3 Å². The van der Waals surface area contributed by atoms with Crippen LogP contribution in [-0.2, 0) is 10.0 Å². The molecule has 7 heteroatoms. The van der Waals surface area contributed by atoms with Gasteiger partial charge in [-0.3, -0.25) is 0 Å². The highest BCUT2D eigenvalue weighted by Crippen LogP contribution is 2.25. The minimum absolute atomic E-state index is 0. The fourth-order valence-corrected chi connectivity index (χ4v) is 4.74. The molecule has 1 aromatic heterocycles. The molecule has 112 valence electrons. The Morgan fingerprint density at radius 1 is 1.37 bits per heavy atom. The van der Waals surface area contributed by atoms with Gasteiger partial charge in [0.15, 0.2) is 0 Å². The van der Waals surface area contributed by atoms with Crippen LogP contribution in [0.5, 0.6) is 0 Å². The number of halogens is 1. The van der Waals surface area contributed by atoms with Gasteiger partial charge < -0.3 is 5.73 Å². The largest absolute Gasteiger partial charge is 0.329 e. The first kappa shape index (κ1) is 18.9. The molecular weight excluding hydrogens is 304 g/mol. The summed E-state index contributed by atoms with van der Waals surface area (Å²) >= 11 is 1.49. The molecule has 1 heterocycles. The first-order chi connectivity index (χ1) is 8.26. The van der Waals surface area contributed by atoms with E-state index in [0.29, 0.717) is 17.4 Å². The highest BCUT2D eigenvalue weighted by atomic mass is 35.5. The summed E-state index contributed by atoms with van der Waals surface area (Å²) in [6, 6.07) is 1.51. The van der Waals surface area contributed by atoms with Crippen LogP contribution in [0.15, 0.2) is 11.0 Å². The van der Waals surface area contributed by atoms with E-state index in [-0.39, 0.29) is 18.4 Å². The summed E-state index contributed by atoms with van der Waals surface area (Å²) < 4.78 is 27.2. The Hall–Kier alpha value is -0.140. The van der Waals surface area contributed by atoms with Crippen molar-refractivity contribution in [3.8, 4) is 0 Å². The molecule has 0 spiro atoms. The van der Waals surface area contributed by atoms with Gasteiger partial charge in [-0.1, -0.05) is 13.8 Å². The van der Waals surface area contributed by atoms with Crippen LogP contribution in [0.2, 0.25) is 0 Å². The summed E-state index contributed by atoms with van der Waals surface area (Å²) in [6.45, 7) is 8.16. The molecule has 0 aliphatic heterocycles. The zero-order valence-corrected chi connectivity index (χ0v) is 14.2. The maximum absolute atomic E-state index is 12.3. The molecule has 3 N–H and O–H groups in total. The predicted octanol–water partition coefficient (Wildman–Crippen LogP) is 2.44. The molecule has 0 aromatic carbocycles. The van der Waals surface area contributed by atoms with Gasteiger partial charge in [0.05, 0.1) is 4.90 Å². The Bertz CT molecular complexity index is 498. The zero-order valence-electron chi connectivity index (χ0n) is 11.8. The Morgan fingerprint density at radius 2 is 1.95 bits per heavy atom. The first-order valence-electron chi connectivity index (χ1n) is 6.05. The second kappa shape index (κ2) is 7.59. The first-order valence-corrected chi connectivity index (χ1v) is 8.35. The van der Waals surface area contributed by atoms with Crippen molar-refractivity contribution < 1.29 is 8.42 Å². The van der Waals surface area contributed by atoms with Gasteiger partial charge in [0.2, 0.25) is 10.0 Å². The molecule has 0 fully saturated rings. The van der Waals surface area contributed by atoms with Crippen molar-refractivity contribution in [2.45, 2.75) is 45.1 Å². The lowest BCUT2D eigenvalue weighted by molar-refractivity contribution is 0.465. The molecule has 0 bridgehead atoms. The van der Waals surface area contributed by atoms with Crippen LogP contribution in [0.3, 0.4) is 0 Å². The minimum Gasteiger partial charge on any atom is -0.329 e. The molecule has 0 saturated heterocycles. The molecule has 0 radical (unpaired) electrons. The quantitative estimate of drug-likeness (QED) is 0.843. The third-order valence-electron chi connectivity index (χ3n) is 2.65. The predicted molar refractivity (Wildman–Crippen MR) is 83.7 cm³/mol. The second-order valence-corrected chi connectivity index (χ2v) is 8.10. The van der Waals surface area contributed by atoms with Gasteiger partial charge >= 0.3 is 0 Å². The van der Waals surface area contributed by atoms with E-state index in [0.717, 1.165) is 16.2 Å². The van der Waals surface area contributed by atoms with Crippen LogP contribution in [-0.4, -0.2) is 21.0 Å². The number of sulfonamides is 1. The molecule has 1 aromatic rings. The molecule has 4 nitrogen and oxygen atoms in total. The Balaban J connectivity index is 0.00000324. The molecule has 0 aliphatic carbocycles. The third kappa shape index (κ3) is 5.39. The van der Waals surface area contributed by atoms with E-state index in [1.54, 1.807) is 6.07 Å². The van der Waals surface area contributed by atoms with Crippen molar-refractivity contribution in [2.75, 3.05) is 6.54 Å². The molecule has 1 rings (SSSR count). The van der Waals surface area contributed by atoms with E-state index in [4.69, 9.17) is 5.73 Å². The van der Waals surface area contributed by atoms with E-state index >= 15 is 0 Å². The van der Waals surface area contributed by atoms with Crippen molar-refractivity contribution in [3.63, 3.8) is 0 Å². The van der Waals surface area contributed by atoms with E-state index in [9.17, 15) is 8.42 Å². The van der Waals surface area contributed by atoms with Crippen LogP contribution in [0.4, 0.5) is 0 Å². The smallest absolute Gasteiger partial charge is 0.241 e. The highest BCUT2D eigenvalue weighted by molar-refractivity contribution is 7.89. The Morgan fingerprint density at radius 3 is 2.32 bits per heavy atom. The summed E-state index contributed by atoms with van der Waals surface area (Å²) in [4.78, 5) is 2.20. The standard InChI is InChI=1S/C12H22N2O2S2.ClH/c1-8(2)5-11(7-13)14-18(15,16)12-6-9(3)17-10(12)4;/h6,8,11,14H,5,7,13H2,1-4H3;1H. The van der Waals surface area contributed by atoms with Crippen molar-refractivity contribution in [1.82, 2.24) is 4.72 Å². The van der Waals surface area contributed by atoms with Crippen LogP contribution in [0.25, 0.3) is 0 Å². The minimum atomic E-state index is -3.45. The second-order valence-electron chi connectivity index (χ2n) is 4.96. The highest BCUT2D eigenvalue weighted by Gasteiger charge is 2.23. The lowest BCUT2D eigenvalue weighted by Gasteiger charge is -2.18. The fourth-order valence-electron chi connectivity index (χ4n) is 1.92. The Labute approximate surface area is 126 Å². The average Bonchev–Trinajstić information content (AvgIpc) is 2.56. The van der Waals surface area contributed by atoms with E-state index in [1.165, 1.54) is 11.3 Å². The molecule has 0 amide bonds. The van der Waals surface area contributed by atoms with Crippen molar-refractivity contribution in [2.24, 2.45) is 11.7 Å². The number of thiophene rings is 1.